The third-order valence-corrected chi connectivity index (χ3v) is 4.54. The van der Waals surface area contributed by atoms with E-state index in [1.54, 1.807) is 0 Å². The van der Waals surface area contributed by atoms with Crippen molar-refractivity contribution in [3.63, 3.8) is 0 Å². The van der Waals surface area contributed by atoms with Crippen LogP contribution in [0.5, 0.6) is 0 Å². The second kappa shape index (κ2) is 17.5. The fraction of sp³-hybridized carbons (Fsp3) is 0.947. The van der Waals surface area contributed by atoms with Crippen molar-refractivity contribution in [3.8, 4) is 0 Å². The van der Waals surface area contributed by atoms with Gasteiger partial charge in [0.1, 0.15) is 6.10 Å². The lowest BCUT2D eigenvalue weighted by molar-refractivity contribution is -0.184. The van der Waals surface area contributed by atoms with Gasteiger partial charge in [-0.25, -0.2) is 0 Å². The Morgan fingerprint density at radius 2 is 1.25 bits per heavy atom. The van der Waals surface area contributed by atoms with E-state index >= 15 is 0 Å². The van der Waals surface area contributed by atoms with Crippen LogP contribution in [0.15, 0.2) is 0 Å². The van der Waals surface area contributed by atoms with Crippen molar-refractivity contribution in [1.82, 2.24) is 0 Å². The molecule has 144 valence electrons. The van der Waals surface area contributed by atoms with E-state index in [1.807, 2.05) is 0 Å². The molecule has 0 aromatic rings. The number of aliphatic hydroxyl groups excluding tert-OH is 2. The topological polar surface area (TPSA) is 66.8 Å². The van der Waals surface area contributed by atoms with Crippen molar-refractivity contribution in [2.45, 2.75) is 109 Å². The van der Waals surface area contributed by atoms with E-state index in [2.05, 4.69) is 6.92 Å². The van der Waals surface area contributed by atoms with Crippen LogP contribution in [0.1, 0.15) is 96.8 Å². The van der Waals surface area contributed by atoms with E-state index in [-0.39, 0.29) is 12.3 Å². The average molecular weight is 365 g/mol. The van der Waals surface area contributed by atoms with Crippen LogP contribution >= 0.6 is 11.6 Å². The molecule has 0 aliphatic rings. The Bertz CT molecular complexity index is 287. The van der Waals surface area contributed by atoms with Gasteiger partial charge in [0, 0.05) is 6.42 Å². The molecule has 0 saturated carbocycles. The molecule has 0 amide bonds. The summed E-state index contributed by atoms with van der Waals surface area (Å²) < 4.78 is 4.69. The van der Waals surface area contributed by atoms with Gasteiger partial charge in [0.05, 0.1) is 5.88 Å². The third kappa shape index (κ3) is 15.2. The summed E-state index contributed by atoms with van der Waals surface area (Å²) in [6.07, 6.45) is 13.8. The largest absolute Gasteiger partial charge is 0.433 e. The van der Waals surface area contributed by atoms with Crippen LogP contribution in [-0.2, 0) is 9.53 Å². The fourth-order valence-corrected chi connectivity index (χ4v) is 2.79. The maximum absolute atomic E-state index is 11.4. The first-order chi connectivity index (χ1) is 11.6. The maximum Gasteiger partial charge on any atom is 0.308 e. The van der Waals surface area contributed by atoms with Gasteiger partial charge in [-0.15, -0.1) is 11.6 Å². The summed E-state index contributed by atoms with van der Waals surface area (Å²) in [7, 11) is 0. The molecule has 24 heavy (non-hydrogen) atoms. The molecule has 2 N–H and O–H groups in total. The van der Waals surface area contributed by atoms with Gasteiger partial charge in [-0.1, -0.05) is 84.0 Å². The normalized spacial score (nSPS) is 13.7. The molecular weight excluding hydrogens is 328 g/mol. The van der Waals surface area contributed by atoms with Crippen molar-refractivity contribution >= 4 is 17.6 Å². The molecule has 0 spiro atoms. The molecule has 0 saturated heterocycles. The second-order valence-electron chi connectivity index (χ2n) is 6.59. The van der Waals surface area contributed by atoms with Crippen LogP contribution in [0, 0.1) is 0 Å². The van der Waals surface area contributed by atoms with Gasteiger partial charge >= 0.3 is 5.97 Å². The van der Waals surface area contributed by atoms with Crippen molar-refractivity contribution in [2.24, 2.45) is 0 Å². The molecule has 0 aliphatic carbocycles. The molecular formula is C19H37ClO4. The quantitative estimate of drug-likeness (QED) is 0.166. The lowest BCUT2D eigenvalue weighted by Gasteiger charge is -2.15. The average Bonchev–Trinajstić information content (AvgIpc) is 2.58. The Kier molecular flexibility index (Phi) is 17.3. The summed E-state index contributed by atoms with van der Waals surface area (Å²) in [6.45, 7) is 2.25. The molecule has 0 aromatic heterocycles. The minimum absolute atomic E-state index is 0.160. The van der Waals surface area contributed by atoms with Gasteiger partial charge in [0.25, 0.3) is 0 Å². The van der Waals surface area contributed by atoms with E-state index in [4.69, 9.17) is 16.3 Å². The predicted molar refractivity (Wildman–Crippen MR) is 99.1 cm³/mol. The standard InChI is InChI=1S/C19H37ClO4/c1-2-3-4-5-6-7-8-9-10-11-12-13-14-15-18(22)24-19(23)17(21)16-20/h17,19,21,23H,2-16H2,1H3. The number of unbranched alkanes of at least 4 members (excludes halogenated alkanes) is 12. The molecule has 0 heterocycles. The van der Waals surface area contributed by atoms with Gasteiger partial charge in [-0.2, -0.15) is 0 Å². The Morgan fingerprint density at radius 1 is 0.833 bits per heavy atom. The number of halogens is 1. The zero-order valence-corrected chi connectivity index (χ0v) is 16.1. The number of hydrogen-bond acceptors (Lipinski definition) is 4. The van der Waals surface area contributed by atoms with Gasteiger partial charge in [0.2, 0.25) is 6.29 Å². The predicted octanol–water partition coefficient (Wildman–Crippen LogP) is 4.93. The van der Waals surface area contributed by atoms with Crippen molar-refractivity contribution < 1.29 is 19.7 Å². The molecule has 2 unspecified atom stereocenters. The Labute approximate surface area is 152 Å². The highest BCUT2D eigenvalue weighted by atomic mass is 35.5. The van der Waals surface area contributed by atoms with Gasteiger partial charge in [0.15, 0.2) is 0 Å². The molecule has 0 radical (unpaired) electrons. The molecule has 0 rings (SSSR count). The first kappa shape index (κ1) is 23.7. The summed E-state index contributed by atoms with van der Waals surface area (Å²) in [6, 6.07) is 0. The smallest absolute Gasteiger partial charge is 0.308 e. The molecule has 5 heteroatoms. The zero-order valence-electron chi connectivity index (χ0n) is 15.4. The maximum atomic E-state index is 11.4. The van der Waals surface area contributed by atoms with E-state index in [0.29, 0.717) is 0 Å². The highest BCUT2D eigenvalue weighted by molar-refractivity contribution is 6.18. The minimum Gasteiger partial charge on any atom is -0.433 e. The number of hydrogen-bond donors (Lipinski definition) is 2. The molecule has 2 atom stereocenters. The number of aliphatic hydroxyl groups is 2. The Morgan fingerprint density at radius 3 is 1.67 bits per heavy atom. The molecule has 0 aromatic carbocycles. The van der Waals surface area contributed by atoms with Crippen LogP contribution in [0.4, 0.5) is 0 Å². The summed E-state index contributed by atoms with van der Waals surface area (Å²) in [5, 5.41) is 18.5. The first-order valence-electron chi connectivity index (χ1n) is 9.73. The summed E-state index contributed by atoms with van der Waals surface area (Å²) in [5.41, 5.74) is 0. The van der Waals surface area contributed by atoms with Crippen molar-refractivity contribution in [2.75, 3.05) is 5.88 Å². The van der Waals surface area contributed by atoms with E-state index in [9.17, 15) is 15.0 Å². The Balaban J connectivity index is 3.26. The summed E-state index contributed by atoms with van der Waals surface area (Å²) in [4.78, 5) is 11.4. The SMILES string of the molecule is CCCCCCCCCCCCCCCC(=O)OC(O)C(O)CCl. The molecule has 0 bridgehead atoms. The first-order valence-corrected chi connectivity index (χ1v) is 10.3. The second-order valence-corrected chi connectivity index (χ2v) is 6.90. The van der Waals surface area contributed by atoms with E-state index in [0.717, 1.165) is 19.3 Å². The number of carbonyl (C=O) groups excluding carboxylic acids is 1. The van der Waals surface area contributed by atoms with E-state index in [1.165, 1.54) is 64.2 Å². The fourth-order valence-electron chi connectivity index (χ4n) is 2.64. The lowest BCUT2D eigenvalue weighted by atomic mass is 10.0. The highest BCUT2D eigenvalue weighted by Gasteiger charge is 2.19. The monoisotopic (exact) mass is 364 g/mol. The number of rotatable bonds is 17. The van der Waals surface area contributed by atoms with Crippen LogP contribution in [0.2, 0.25) is 0 Å². The van der Waals surface area contributed by atoms with Gasteiger partial charge in [-0.3, -0.25) is 4.79 Å². The molecule has 0 fully saturated rings. The lowest BCUT2D eigenvalue weighted by Crippen LogP contribution is -2.32. The highest BCUT2D eigenvalue weighted by Crippen LogP contribution is 2.13. The molecule has 0 aliphatic heterocycles. The van der Waals surface area contributed by atoms with Gasteiger partial charge < -0.3 is 14.9 Å². The van der Waals surface area contributed by atoms with Crippen molar-refractivity contribution in [3.05, 3.63) is 0 Å². The third-order valence-electron chi connectivity index (χ3n) is 4.22. The summed E-state index contributed by atoms with van der Waals surface area (Å²) in [5.74, 6) is -0.637. The van der Waals surface area contributed by atoms with Gasteiger partial charge in [-0.05, 0) is 6.42 Å². The summed E-state index contributed by atoms with van der Waals surface area (Å²) >= 11 is 5.36. The molecule has 4 nitrogen and oxygen atoms in total. The zero-order chi connectivity index (χ0) is 18.0. The van der Waals surface area contributed by atoms with Crippen molar-refractivity contribution in [1.29, 1.82) is 0 Å². The van der Waals surface area contributed by atoms with Crippen LogP contribution in [-0.4, -0.2) is 34.5 Å². The number of carbonyl (C=O) groups is 1. The minimum atomic E-state index is -1.52. The number of ether oxygens (including phenoxy) is 1. The van der Waals surface area contributed by atoms with Crippen LogP contribution in [0.3, 0.4) is 0 Å². The number of esters is 1. The Hall–Kier alpha value is -0.320. The van der Waals surface area contributed by atoms with Crippen LogP contribution in [0.25, 0.3) is 0 Å². The van der Waals surface area contributed by atoms with Crippen LogP contribution < -0.4 is 0 Å². The number of alkyl halides is 1. The van der Waals surface area contributed by atoms with E-state index < -0.39 is 18.4 Å².